The zero-order valence-electron chi connectivity index (χ0n) is 12.2. The molecule has 1 amide bonds. The number of rotatable bonds is 6. The van der Waals surface area contributed by atoms with E-state index >= 15 is 0 Å². The molecule has 2 heterocycles. The number of hydrogen-bond acceptors (Lipinski definition) is 5. The van der Waals surface area contributed by atoms with Crippen LogP contribution in [0.5, 0.6) is 0 Å². The molecule has 0 atom stereocenters. The van der Waals surface area contributed by atoms with E-state index in [1.165, 1.54) is 23.5 Å². The van der Waals surface area contributed by atoms with E-state index in [4.69, 9.17) is 0 Å². The summed E-state index contributed by atoms with van der Waals surface area (Å²) in [5.74, 6) is -0.365. The van der Waals surface area contributed by atoms with Crippen LogP contribution in [-0.4, -0.2) is 22.4 Å². The van der Waals surface area contributed by atoms with Crippen LogP contribution in [0.4, 0.5) is 4.39 Å². The number of nitrogens with zero attached hydrogens (tertiary/aromatic N) is 2. The van der Waals surface area contributed by atoms with Gasteiger partial charge in [-0.2, -0.15) is 0 Å². The highest BCUT2D eigenvalue weighted by atomic mass is 32.1. The van der Waals surface area contributed by atoms with Crippen molar-refractivity contribution in [3.63, 3.8) is 0 Å². The van der Waals surface area contributed by atoms with Crippen LogP contribution in [0.25, 0.3) is 10.6 Å². The number of hydrogen-bond donors (Lipinski definition) is 1. The lowest BCUT2D eigenvalue weighted by Gasteiger charge is -2.02. The summed E-state index contributed by atoms with van der Waals surface area (Å²) in [6.45, 7) is 0.559. The first-order valence-electron chi connectivity index (χ1n) is 7.05. The van der Waals surface area contributed by atoms with Gasteiger partial charge in [-0.1, -0.05) is 12.1 Å². The Morgan fingerprint density at radius 2 is 2.17 bits per heavy atom. The molecule has 3 aromatic rings. The van der Waals surface area contributed by atoms with Gasteiger partial charge in [-0.05, 0) is 12.1 Å². The summed E-state index contributed by atoms with van der Waals surface area (Å²) in [5, 5.41) is 7.38. The summed E-state index contributed by atoms with van der Waals surface area (Å²) in [5.41, 5.74) is 4.18. The van der Waals surface area contributed by atoms with Crippen molar-refractivity contribution in [1.82, 2.24) is 15.3 Å². The minimum absolute atomic E-state index is 0.0729. The Morgan fingerprint density at radius 3 is 2.96 bits per heavy atom. The first-order valence-corrected chi connectivity index (χ1v) is 8.87. The van der Waals surface area contributed by atoms with E-state index in [0.717, 1.165) is 22.7 Å². The van der Waals surface area contributed by atoms with Crippen molar-refractivity contribution in [3.8, 4) is 10.6 Å². The fraction of sp³-hybridized carbons (Fsp3) is 0.188. The summed E-state index contributed by atoms with van der Waals surface area (Å²) >= 11 is 2.95. The van der Waals surface area contributed by atoms with E-state index in [9.17, 15) is 9.18 Å². The van der Waals surface area contributed by atoms with Crippen LogP contribution in [0, 0.1) is 5.82 Å². The Bertz CT molecular complexity index is 786. The number of carbonyl (C=O) groups is 1. The Kier molecular flexibility index (Phi) is 5.09. The minimum atomic E-state index is -0.293. The van der Waals surface area contributed by atoms with Crippen molar-refractivity contribution in [1.29, 1.82) is 0 Å². The van der Waals surface area contributed by atoms with E-state index in [-0.39, 0.29) is 18.1 Å². The maximum atomic E-state index is 13.2. The van der Waals surface area contributed by atoms with Crippen LogP contribution in [-0.2, 0) is 17.6 Å². The lowest BCUT2D eigenvalue weighted by molar-refractivity contribution is -0.120. The lowest BCUT2D eigenvalue weighted by Crippen LogP contribution is -2.27. The molecule has 0 bridgehead atoms. The number of benzene rings is 1. The second kappa shape index (κ2) is 7.43. The van der Waals surface area contributed by atoms with Gasteiger partial charge in [0.05, 0.1) is 23.3 Å². The Hall–Kier alpha value is -2.12. The molecule has 0 saturated carbocycles. The predicted molar refractivity (Wildman–Crippen MR) is 90.0 cm³/mol. The Morgan fingerprint density at radius 1 is 1.26 bits per heavy atom. The molecule has 3 rings (SSSR count). The fourth-order valence-electron chi connectivity index (χ4n) is 2.06. The highest BCUT2D eigenvalue weighted by Crippen LogP contribution is 2.24. The zero-order chi connectivity index (χ0) is 16.1. The number of nitrogens with one attached hydrogen (secondary N) is 1. The van der Waals surface area contributed by atoms with Crippen molar-refractivity contribution in [2.45, 2.75) is 12.8 Å². The quantitative estimate of drug-likeness (QED) is 0.744. The molecular weight excluding hydrogens is 333 g/mol. The van der Waals surface area contributed by atoms with Gasteiger partial charge in [0.1, 0.15) is 10.8 Å². The Labute approximate surface area is 141 Å². The molecule has 0 fully saturated rings. The summed E-state index contributed by atoms with van der Waals surface area (Å²) in [6, 6.07) is 6.29. The third kappa shape index (κ3) is 4.43. The SMILES string of the molecule is O=C(Cc1csc(-c2cccc(F)c2)n1)NCCc1cscn1. The molecule has 0 aliphatic heterocycles. The molecule has 118 valence electrons. The molecule has 2 aromatic heterocycles. The monoisotopic (exact) mass is 347 g/mol. The molecule has 0 aliphatic rings. The second-order valence-electron chi connectivity index (χ2n) is 4.91. The number of carbonyl (C=O) groups excluding carboxylic acids is 1. The molecule has 0 aliphatic carbocycles. The average molecular weight is 347 g/mol. The van der Waals surface area contributed by atoms with Gasteiger partial charge in [0, 0.05) is 29.3 Å². The Balaban J connectivity index is 1.53. The van der Waals surface area contributed by atoms with E-state index in [2.05, 4.69) is 15.3 Å². The summed E-state index contributed by atoms with van der Waals surface area (Å²) in [7, 11) is 0. The van der Waals surface area contributed by atoms with E-state index in [1.807, 2.05) is 10.8 Å². The zero-order valence-corrected chi connectivity index (χ0v) is 13.8. The van der Waals surface area contributed by atoms with Gasteiger partial charge in [-0.15, -0.1) is 22.7 Å². The number of amides is 1. The van der Waals surface area contributed by atoms with Crippen LogP contribution < -0.4 is 5.32 Å². The molecule has 7 heteroatoms. The topological polar surface area (TPSA) is 54.9 Å². The molecule has 0 radical (unpaired) electrons. The highest BCUT2D eigenvalue weighted by Gasteiger charge is 2.09. The van der Waals surface area contributed by atoms with Crippen molar-refractivity contribution in [2.75, 3.05) is 6.54 Å². The first-order chi connectivity index (χ1) is 11.2. The maximum absolute atomic E-state index is 13.2. The third-order valence-corrected chi connectivity index (χ3v) is 4.73. The number of aromatic nitrogens is 2. The lowest BCUT2D eigenvalue weighted by atomic mass is 10.2. The van der Waals surface area contributed by atoms with Crippen LogP contribution >= 0.6 is 22.7 Å². The highest BCUT2D eigenvalue weighted by molar-refractivity contribution is 7.13. The van der Waals surface area contributed by atoms with Gasteiger partial charge in [0.15, 0.2) is 0 Å². The number of thiazole rings is 2. The minimum Gasteiger partial charge on any atom is -0.355 e. The standard InChI is InChI=1S/C16H14FN3OS2/c17-12-3-1-2-11(6-12)16-20-14(9-23-16)7-15(21)18-5-4-13-8-22-10-19-13/h1-3,6,8-10H,4-5,7H2,(H,18,21). The molecule has 1 aromatic carbocycles. The van der Waals surface area contributed by atoms with Crippen molar-refractivity contribution >= 4 is 28.6 Å². The van der Waals surface area contributed by atoms with Gasteiger partial charge in [-0.3, -0.25) is 4.79 Å². The van der Waals surface area contributed by atoms with Gasteiger partial charge in [-0.25, -0.2) is 14.4 Å². The summed E-state index contributed by atoms with van der Waals surface area (Å²) < 4.78 is 13.2. The van der Waals surface area contributed by atoms with E-state index in [0.29, 0.717) is 12.2 Å². The first kappa shape index (κ1) is 15.8. The van der Waals surface area contributed by atoms with Gasteiger partial charge in [0.2, 0.25) is 5.91 Å². The van der Waals surface area contributed by atoms with Crippen LogP contribution in [0.2, 0.25) is 0 Å². The molecule has 0 saturated heterocycles. The average Bonchev–Trinajstić information content (AvgIpc) is 3.19. The van der Waals surface area contributed by atoms with Crippen LogP contribution in [0.1, 0.15) is 11.4 Å². The van der Waals surface area contributed by atoms with E-state index < -0.39 is 0 Å². The van der Waals surface area contributed by atoms with Gasteiger partial charge >= 0.3 is 0 Å². The third-order valence-electron chi connectivity index (χ3n) is 3.15. The normalized spacial score (nSPS) is 10.7. The van der Waals surface area contributed by atoms with Crippen LogP contribution in [0.3, 0.4) is 0 Å². The van der Waals surface area contributed by atoms with Gasteiger partial charge < -0.3 is 5.32 Å². The maximum Gasteiger partial charge on any atom is 0.226 e. The largest absolute Gasteiger partial charge is 0.355 e. The van der Waals surface area contributed by atoms with Crippen molar-refractivity contribution in [3.05, 3.63) is 57.7 Å². The second-order valence-corrected chi connectivity index (χ2v) is 6.49. The van der Waals surface area contributed by atoms with Crippen LogP contribution in [0.15, 0.2) is 40.5 Å². The molecule has 1 N–H and O–H groups in total. The molecule has 0 unspecified atom stereocenters. The molecular formula is C16H14FN3OS2. The predicted octanol–water partition coefficient (Wildman–Crippen LogP) is 3.31. The van der Waals surface area contributed by atoms with Crippen molar-refractivity contribution in [2.24, 2.45) is 0 Å². The molecule has 23 heavy (non-hydrogen) atoms. The summed E-state index contributed by atoms with van der Waals surface area (Å²) in [4.78, 5) is 20.5. The van der Waals surface area contributed by atoms with Gasteiger partial charge in [0.25, 0.3) is 0 Å². The summed E-state index contributed by atoms with van der Waals surface area (Å²) in [6.07, 6.45) is 0.948. The molecule has 0 spiro atoms. The fourth-order valence-corrected chi connectivity index (χ4v) is 3.47. The van der Waals surface area contributed by atoms with E-state index in [1.54, 1.807) is 29.0 Å². The van der Waals surface area contributed by atoms with Crippen molar-refractivity contribution < 1.29 is 9.18 Å². The molecule has 4 nitrogen and oxygen atoms in total. The smallest absolute Gasteiger partial charge is 0.226 e. The number of halogens is 1.